The number of aromatic hydroxyl groups is 1. The molecule has 4 rings (SSSR count). The van der Waals surface area contributed by atoms with Crippen molar-refractivity contribution in [2.75, 3.05) is 37.7 Å². The molecule has 1 saturated heterocycles. The van der Waals surface area contributed by atoms with Crippen molar-refractivity contribution in [3.8, 4) is 5.75 Å². The van der Waals surface area contributed by atoms with Crippen LogP contribution in [-0.2, 0) is 11.3 Å². The number of hydrogen-bond donors (Lipinski definition) is 1. The zero-order chi connectivity index (χ0) is 21.1. The lowest BCUT2D eigenvalue weighted by Crippen LogP contribution is -2.46. The molecule has 0 saturated carbocycles. The number of aryl methyl sites for hydroxylation is 1. The summed E-state index contributed by atoms with van der Waals surface area (Å²) in [5, 5.41) is 10.5. The van der Waals surface area contributed by atoms with E-state index in [1.54, 1.807) is 12.1 Å². The van der Waals surface area contributed by atoms with Crippen molar-refractivity contribution in [1.82, 2.24) is 9.88 Å². The number of para-hydroxylation sites is 1. The molecule has 0 spiro atoms. The Balaban J connectivity index is 1.55. The Kier molecular flexibility index (Phi) is 5.86. The van der Waals surface area contributed by atoms with Gasteiger partial charge in [-0.05, 0) is 49.7 Å². The molecule has 1 fully saturated rings. The van der Waals surface area contributed by atoms with Crippen LogP contribution in [0.25, 0.3) is 10.9 Å². The summed E-state index contributed by atoms with van der Waals surface area (Å²) >= 11 is 0. The van der Waals surface area contributed by atoms with Crippen molar-refractivity contribution >= 4 is 22.6 Å². The first-order valence-electron chi connectivity index (χ1n) is 10.4. The maximum atomic E-state index is 12.7. The minimum Gasteiger partial charge on any atom is -0.508 e. The molecular formula is C24H27N3O3. The van der Waals surface area contributed by atoms with Gasteiger partial charge in [-0.15, -0.1) is 0 Å². The zero-order valence-electron chi connectivity index (χ0n) is 17.5. The summed E-state index contributed by atoms with van der Waals surface area (Å²) in [6.07, 6.45) is 0. The molecular weight excluding hydrogens is 378 g/mol. The first kappa shape index (κ1) is 20.2. The van der Waals surface area contributed by atoms with Crippen molar-refractivity contribution in [3.63, 3.8) is 0 Å². The van der Waals surface area contributed by atoms with E-state index in [-0.39, 0.29) is 11.7 Å². The molecule has 6 heteroatoms. The standard InChI is InChI=1S/C24H27N3O3/c1-3-30-24(29)23-17(2)20-6-4-5-7-21(20)25-22(23)16-26-12-14-27(15-13-26)18-8-10-19(28)11-9-18/h4-11,28H,3,12-16H2,1-2H3. The number of pyridine rings is 1. The van der Waals surface area contributed by atoms with E-state index >= 15 is 0 Å². The number of phenols is 1. The van der Waals surface area contributed by atoms with E-state index in [1.165, 1.54) is 0 Å². The smallest absolute Gasteiger partial charge is 0.340 e. The van der Waals surface area contributed by atoms with Crippen LogP contribution in [-0.4, -0.2) is 53.7 Å². The number of nitrogens with zero attached hydrogens (tertiary/aromatic N) is 3. The van der Waals surface area contributed by atoms with Crippen molar-refractivity contribution in [2.45, 2.75) is 20.4 Å². The van der Waals surface area contributed by atoms with Crippen LogP contribution in [0.3, 0.4) is 0 Å². The van der Waals surface area contributed by atoms with E-state index in [4.69, 9.17) is 9.72 Å². The fourth-order valence-electron chi connectivity index (χ4n) is 4.07. The van der Waals surface area contributed by atoms with E-state index in [0.717, 1.165) is 54.0 Å². The second kappa shape index (κ2) is 8.71. The van der Waals surface area contributed by atoms with Crippen LogP contribution in [0.4, 0.5) is 5.69 Å². The summed E-state index contributed by atoms with van der Waals surface area (Å²) in [5.41, 5.74) is 4.32. The number of carbonyl (C=O) groups excluding carboxylic acids is 1. The summed E-state index contributed by atoms with van der Waals surface area (Å²) in [6, 6.07) is 15.2. The van der Waals surface area contributed by atoms with E-state index in [0.29, 0.717) is 18.7 Å². The minimum atomic E-state index is -0.300. The number of phenolic OH excluding ortho intramolecular Hbond substituents is 1. The lowest BCUT2D eigenvalue weighted by atomic mass is 10.0. The summed E-state index contributed by atoms with van der Waals surface area (Å²) in [6.45, 7) is 8.26. The fraction of sp³-hybridized carbons (Fsp3) is 0.333. The average molecular weight is 405 g/mol. The Morgan fingerprint density at radius 1 is 1.07 bits per heavy atom. The van der Waals surface area contributed by atoms with Gasteiger partial charge in [-0.1, -0.05) is 18.2 Å². The van der Waals surface area contributed by atoms with Crippen molar-refractivity contribution < 1.29 is 14.6 Å². The third kappa shape index (κ3) is 4.09. The number of ether oxygens (including phenoxy) is 1. The largest absolute Gasteiger partial charge is 0.508 e. The fourth-order valence-corrected chi connectivity index (χ4v) is 4.07. The van der Waals surface area contributed by atoms with Crippen LogP contribution < -0.4 is 4.90 Å². The highest BCUT2D eigenvalue weighted by Gasteiger charge is 2.24. The van der Waals surface area contributed by atoms with Crippen molar-refractivity contribution in [3.05, 3.63) is 65.4 Å². The van der Waals surface area contributed by atoms with E-state index in [2.05, 4.69) is 9.80 Å². The quantitative estimate of drug-likeness (QED) is 0.652. The van der Waals surface area contributed by atoms with E-state index in [9.17, 15) is 9.90 Å². The molecule has 0 amide bonds. The Hall–Kier alpha value is -3.12. The van der Waals surface area contributed by atoms with E-state index in [1.807, 2.05) is 50.2 Å². The highest BCUT2D eigenvalue weighted by Crippen LogP contribution is 2.26. The Morgan fingerprint density at radius 3 is 2.47 bits per heavy atom. The van der Waals surface area contributed by atoms with Gasteiger partial charge in [-0.3, -0.25) is 9.88 Å². The first-order chi connectivity index (χ1) is 14.6. The third-order valence-corrected chi connectivity index (χ3v) is 5.67. The molecule has 2 heterocycles. The predicted molar refractivity (Wildman–Crippen MR) is 118 cm³/mol. The molecule has 3 aromatic rings. The Labute approximate surface area is 176 Å². The second-order valence-electron chi connectivity index (χ2n) is 7.58. The van der Waals surface area contributed by atoms with Gasteiger partial charge in [0.25, 0.3) is 0 Å². The average Bonchev–Trinajstić information content (AvgIpc) is 2.75. The summed E-state index contributed by atoms with van der Waals surface area (Å²) in [7, 11) is 0. The van der Waals surface area contributed by atoms with Crippen LogP contribution >= 0.6 is 0 Å². The number of benzene rings is 2. The molecule has 0 bridgehead atoms. The maximum absolute atomic E-state index is 12.7. The Morgan fingerprint density at radius 2 is 1.77 bits per heavy atom. The lowest BCUT2D eigenvalue weighted by molar-refractivity contribution is 0.0522. The van der Waals surface area contributed by atoms with Gasteiger partial charge in [-0.25, -0.2) is 4.79 Å². The molecule has 1 N–H and O–H groups in total. The van der Waals surface area contributed by atoms with Crippen LogP contribution in [0.5, 0.6) is 5.75 Å². The van der Waals surface area contributed by atoms with E-state index < -0.39 is 0 Å². The van der Waals surface area contributed by atoms with Gasteiger partial charge in [0.1, 0.15) is 5.75 Å². The monoisotopic (exact) mass is 405 g/mol. The first-order valence-corrected chi connectivity index (χ1v) is 10.4. The highest BCUT2D eigenvalue weighted by atomic mass is 16.5. The normalized spacial score (nSPS) is 14.8. The number of fused-ring (bicyclic) bond motifs is 1. The van der Waals surface area contributed by atoms with Gasteiger partial charge in [0.2, 0.25) is 0 Å². The molecule has 0 atom stereocenters. The van der Waals surface area contributed by atoms with Gasteiger partial charge in [-0.2, -0.15) is 0 Å². The summed E-state index contributed by atoms with van der Waals surface area (Å²) in [4.78, 5) is 22.2. The molecule has 1 aromatic heterocycles. The van der Waals surface area contributed by atoms with Gasteiger partial charge in [0.05, 0.1) is 23.4 Å². The molecule has 6 nitrogen and oxygen atoms in total. The SMILES string of the molecule is CCOC(=O)c1c(CN2CCN(c3ccc(O)cc3)CC2)nc2ccccc2c1C. The molecule has 30 heavy (non-hydrogen) atoms. The van der Waals surface area contributed by atoms with Gasteiger partial charge in [0, 0.05) is 43.8 Å². The molecule has 0 unspecified atom stereocenters. The van der Waals surface area contributed by atoms with Crippen molar-refractivity contribution in [1.29, 1.82) is 0 Å². The van der Waals surface area contributed by atoms with Crippen LogP contribution in [0.15, 0.2) is 48.5 Å². The number of rotatable bonds is 5. The molecule has 0 radical (unpaired) electrons. The van der Waals surface area contributed by atoms with Gasteiger partial charge < -0.3 is 14.7 Å². The highest BCUT2D eigenvalue weighted by molar-refractivity contribution is 5.98. The number of piperazine rings is 1. The maximum Gasteiger partial charge on any atom is 0.340 e. The summed E-state index contributed by atoms with van der Waals surface area (Å²) < 4.78 is 5.35. The number of hydrogen-bond acceptors (Lipinski definition) is 6. The second-order valence-corrected chi connectivity index (χ2v) is 7.58. The summed E-state index contributed by atoms with van der Waals surface area (Å²) in [5.74, 6) is -0.0207. The zero-order valence-corrected chi connectivity index (χ0v) is 17.5. The molecule has 1 aliphatic rings. The number of aromatic nitrogens is 1. The Bertz CT molecular complexity index is 1040. The number of esters is 1. The molecule has 1 aliphatic heterocycles. The number of carbonyl (C=O) groups is 1. The molecule has 2 aromatic carbocycles. The van der Waals surface area contributed by atoms with Crippen molar-refractivity contribution in [2.24, 2.45) is 0 Å². The lowest BCUT2D eigenvalue weighted by Gasteiger charge is -2.36. The van der Waals surface area contributed by atoms with Gasteiger partial charge in [0.15, 0.2) is 0 Å². The van der Waals surface area contributed by atoms with Crippen LogP contribution in [0.1, 0.15) is 28.5 Å². The van der Waals surface area contributed by atoms with Gasteiger partial charge >= 0.3 is 5.97 Å². The molecule has 156 valence electrons. The van der Waals surface area contributed by atoms with Crippen LogP contribution in [0, 0.1) is 6.92 Å². The topological polar surface area (TPSA) is 65.9 Å². The number of anilines is 1. The third-order valence-electron chi connectivity index (χ3n) is 5.67. The molecule has 0 aliphatic carbocycles. The minimum absolute atomic E-state index is 0.279. The predicted octanol–water partition coefficient (Wildman–Crippen LogP) is 3.75. The van der Waals surface area contributed by atoms with Crippen LogP contribution in [0.2, 0.25) is 0 Å².